The summed E-state index contributed by atoms with van der Waals surface area (Å²) in [5, 5.41) is 2.84. The zero-order valence-corrected chi connectivity index (χ0v) is 15.6. The van der Waals surface area contributed by atoms with Crippen LogP contribution in [0.1, 0.15) is 31.9 Å². The molecule has 1 fully saturated rings. The van der Waals surface area contributed by atoms with Gasteiger partial charge in [0.2, 0.25) is 0 Å². The zero-order chi connectivity index (χ0) is 18.9. The minimum atomic E-state index is -3.17. The second-order valence-corrected chi connectivity index (χ2v) is 8.67. The lowest BCUT2D eigenvalue weighted by Crippen LogP contribution is -2.52. The highest BCUT2D eigenvalue weighted by molar-refractivity contribution is 7.91. The first-order valence-electron chi connectivity index (χ1n) is 8.57. The lowest BCUT2D eigenvalue weighted by Gasteiger charge is -2.38. The summed E-state index contributed by atoms with van der Waals surface area (Å²) in [4.78, 5) is 26.8. The first-order chi connectivity index (χ1) is 12.3. The Morgan fingerprint density at radius 2 is 2.00 bits per heavy atom. The Kier molecular flexibility index (Phi) is 5.04. The van der Waals surface area contributed by atoms with E-state index >= 15 is 0 Å². The summed E-state index contributed by atoms with van der Waals surface area (Å²) in [6.45, 7) is 3.60. The summed E-state index contributed by atoms with van der Waals surface area (Å²) in [5.74, 6) is -0.556. The molecule has 0 radical (unpaired) electrons. The van der Waals surface area contributed by atoms with Crippen LogP contribution in [-0.4, -0.2) is 49.5 Å². The van der Waals surface area contributed by atoms with Crippen molar-refractivity contribution in [3.05, 3.63) is 47.2 Å². The lowest BCUT2D eigenvalue weighted by molar-refractivity contribution is -0.139. The fourth-order valence-electron chi connectivity index (χ4n) is 3.54. The molecule has 1 saturated heterocycles. The topological polar surface area (TPSA) is 92.8 Å². The molecule has 26 heavy (non-hydrogen) atoms. The summed E-state index contributed by atoms with van der Waals surface area (Å²) in [6, 6.07) is 7.67. The number of nitrogens with one attached hydrogen (secondary N) is 1. The van der Waals surface area contributed by atoms with Gasteiger partial charge >= 0.3 is 12.0 Å². The van der Waals surface area contributed by atoms with Crippen molar-refractivity contribution in [3.63, 3.8) is 0 Å². The van der Waals surface area contributed by atoms with Crippen LogP contribution in [0.2, 0.25) is 0 Å². The number of ether oxygens (including phenoxy) is 1. The van der Waals surface area contributed by atoms with Crippen LogP contribution in [-0.2, 0) is 19.4 Å². The highest BCUT2D eigenvalue weighted by atomic mass is 32.2. The molecular weight excluding hydrogens is 356 g/mol. The van der Waals surface area contributed by atoms with E-state index in [2.05, 4.69) is 5.32 Å². The van der Waals surface area contributed by atoms with Crippen LogP contribution in [0.5, 0.6) is 0 Å². The van der Waals surface area contributed by atoms with E-state index in [1.807, 2.05) is 30.3 Å². The molecule has 0 bridgehead atoms. The van der Waals surface area contributed by atoms with E-state index in [4.69, 9.17) is 4.74 Å². The van der Waals surface area contributed by atoms with Crippen LogP contribution in [0.15, 0.2) is 41.6 Å². The molecule has 1 aromatic carbocycles. The number of hydrogen-bond acceptors (Lipinski definition) is 5. The number of carbonyl (C=O) groups is 2. The highest BCUT2D eigenvalue weighted by Crippen LogP contribution is 2.34. The van der Waals surface area contributed by atoms with Gasteiger partial charge in [0.25, 0.3) is 0 Å². The third kappa shape index (κ3) is 3.46. The maximum absolute atomic E-state index is 12.7. The fourth-order valence-corrected chi connectivity index (χ4v) is 5.24. The van der Waals surface area contributed by atoms with E-state index in [0.717, 1.165) is 5.56 Å². The van der Waals surface area contributed by atoms with Crippen molar-refractivity contribution in [2.24, 2.45) is 0 Å². The molecule has 2 heterocycles. The Hall–Kier alpha value is -2.35. The van der Waals surface area contributed by atoms with Gasteiger partial charge in [0, 0.05) is 5.70 Å². The van der Waals surface area contributed by atoms with Crippen LogP contribution in [0.3, 0.4) is 0 Å². The molecule has 2 amide bonds. The molecule has 0 aliphatic carbocycles. The smallest absolute Gasteiger partial charge is 0.338 e. The van der Waals surface area contributed by atoms with Crippen molar-refractivity contribution in [3.8, 4) is 0 Å². The SMILES string of the molecule is CCOC(=O)C1=C(C)N(C2CCS(=O)(=O)C2)C(=O)NC1c1ccccc1. The van der Waals surface area contributed by atoms with Gasteiger partial charge in [-0.3, -0.25) is 4.90 Å². The van der Waals surface area contributed by atoms with Crippen LogP contribution in [0.25, 0.3) is 0 Å². The Balaban J connectivity index is 2.05. The van der Waals surface area contributed by atoms with Gasteiger partial charge in [-0.1, -0.05) is 30.3 Å². The molecule has 3 rings (SSSR count). The van der Waals surface area contributed by atoms with Crippen LogP contribution < -0.4 is 5.32 Å². The molecule has 0 saturated carbocycles. The maximum atomic E-state index is 12.7. The van der Waals surface area contributed by atoms with Gasteiger partial charge < -0.3 is 10.1 Å². The average molecular weight is 378 g/mol. The van der Waals surface area contributed by atoms with E-state index in [1.165, 1.54) is 4.90 Å². The third-order valence-corrected chi connectivity index (χ3v) is 6.48. The number of carbonyl (C=O) groups excluding carboxylic acids is 2. The molecule has 1 aromatic rings. The number of hydrogen-bond donors (Lipinski definition) is 1. The molecule has 7 nitrogen and oxygen atoms in total. The number of nitrogens with zero attached hydrogens (tertiary/aromatic N) is 1. The molecule has 1 N–H and O–H groups in total. The second-order valence-electron chi connectivity index (χ2n) is 6.44. The van der Waals surface area contributed by atoms with E-state index in [-0.39, 0.29) is 18.1 Å². The number of allylic oxidation sites excluding steroid dienone is 1. The van der Waals surface area contributed by atoms with Crippen molar-refractivity contribution in [1.82, 2.24) is 10.2 Å². The summed E-state index contributed by atoms with van der Waals surface area (Å²) in [5.41, 5.74) is 1.55. The van der Waals surface area contributed by atoms with Crippen molar-refractivity contribution >= 4 is 21.8 Å². The lowest BCUT2D eigenvalue weighted by atomic mass is 9.94. The number of amides is 2. The number of benzene rings is 1. The molecule has 2 aliphatic heterocycles. The molecule has 2 atom stereocenters. The molecule has 8 heteroatoms. The Bertz CT molecular complexity index is 848. The summed E-state index contributed by atoms with van der Waals surface area (Å²) in [6.07, 6.45) is 0.360. The quantitative estimate of drug-likeness (QED) is 0.806. The number of esters is 1. The van der Waals surface area contributed by atoms with Gasteiger partial charge in [-0.15, -0.1) is 0 Å². The molecule has 140 valence electrons. The van der Waals surface area contributed by atoms with E-state index in [1.54, 1.807) is 13.8 Å². The normalized spacial score (nSPS) is 25.2. The minimum Gasteiger partial charge on any atom is -0.463 e. The standard InChI is InChI=1S/C18H22N2O5S/c1-3-25-17(21)15-12(2)20(14-9-10-26(23,24)11-14)18(22)19-16(15)13-7-5-4-6-8-13/h4-8,14,16H,3,9-11H2,1-2H3,(H,19,22). The summed E-state index contributed by atoms with van der Waals surface area (Å²) >= 11 is 0. The number of rotatable bonds is 4. The van der Waals surface area contributed by atoms with Crippen LogP contribution >= 0.6 is 0 Å². The van der Waals surface area contributed by atoms with Crippen LogP contribution in [0.4, 0.5) is 4.79 Å². The van der Waals surface area contributed by atoms with E-state index < -0.39 is 33.9 Å². The first-order valence-corrected chi connectivity index (χ1v) is 10.4. The van der Waals surface area contributed by atoms with Gasteiger partial charge in [0.1, 0.15) is 0 Å². The summed E-state index contributed by atoms with van der Waals surface area (Å²) in [7, 11) is -3.17. The van der Waals surface area contributed by atoms with Gasteiger partial charge in [-0.25, -0.2) is 18.0 Å². The van der Waals surface area contributed by atoms with Crippen molar-refractivity contribution in [2.75, 3.05) is 18.1 Å². The fraction of sp³-hybridized carbons (Fsp3) is 0.444. The Morgan fingerprint density at radius 3 is 2.58 bits per heavy atom. The Morgan fingerprint density at radius 1 is 1.31 bits per heavy atom. The van der Waals surface area contributed by atoms with Gasteiger partial charge in [0.15, 0.2) is 9.84 Å². The molecule has 2 aliphatic rings. The average Bonchev–Trinajstić information content (AvgIpc) is 2.94. The predicted molar refractivity (Wildman–Crippen MR) is 95.9 cm³/mol. The van der Waals surface area contributed by atoms with Crippen LogP contribution in [0, 0.1) is 0 Å². The first kappa shape index (κ1) is 18.4. The van der Waals surface area contributed by atoms with Crippen molar-refractivity contribution in [2.45, 2.75) is 32.4 Å². The molecule has 2 unspecified atom stereocenters. The summed E-state index contributed by atoms with van der Waals surface area (Å²) < 4.78 is 28.9. The van der Waals surface area contributed by atoms with Gasteiger partial charge in [-0.2, -0.15) is 0 Å². The van der Waals surface area contributed by atoms with E-state index in [0.29, 0.717) is 17.7 Å². The number of urea groups is 1. The molecular formula is C18H22N2O5S. The third-order valence-electron chi connectivity index (χ3n) is 4.73. The van der Waals surface area contributed by atoms with Crippen molar-refractivity contribution < 1.29 is 22.7 Å². The second kappa shape index (κ2) is 7.11. The van der Waals surface area contributed by atoms with Gasteiger partial charge in [0.05, 0.1) is 35.8 Å². The van der Waals surface area contributed by atoms with Crippen molar-refractivity contribution in [1.29, 1.82) is 0 Å². The highest BCUT2D eigenvalue weighted by Gasteiger charge is 2.42. The maximum Gasteiger partial charge on any atom is 0.338 e. The Labute approximate surface area is 152 Å². The predicted octanol–water partition coefficient (Wildman–Crippen LogP) is 1.78. The number of sulfone groups is 1. The van der Waals surface area contributed by atoms with Gasteiger partial charge in [-0.05, 0) is 25.8 Å². The minimum absolute atomic E-state index is 0.0472. The molecule has 0 aromatic heterocycles. The monoisotopic (exact) mass is 378 g/mol. The van der Waals surface area contributed by atoms with E-state index in [9.17, 15) is 18.0 Å². The molecule has 0 spiro atoms. The zero-order valence-electron chi connectivity index (χ0n) is 14.8. The largest absolute Gasteiger partial charge is 0.463 e.